The fourth-order valence-electron chi connectivity index (χ4n) is 3.44. The Morgan fingerprint density at radius 2 is 1.75 bits per heavy atom. The molecule has 0 amide bonds. The third-order valence-corrected chi connectivity index (χ3v) is 4.70. The molecule has 1 aliphatic heterocycles. The number of carbonyl (C=O) groups excluding carboxylic acids is 1. The number of hydrogen-bond donors (Lipinski definition) is 2. The van der Waals surface area contributed by atoms with Gasteiger partial charge in [0.05, 0.1) is 17.9 Å². The molecule has 1 saturated heterocycles. The Morgan fingerprint density at radius 1 is 1.11 bits per heavy atom. The fourth-order valence-corrected chi connectivity index (χ4v) is 3.44. The molecule has 0 bridgehead atoms. The third-order valence-electron chi connectivity index (χ3n) is 4.70. The zero-order chi connectivity index (χ0) is 20.1. The summed E-state index contributed by atoms with van der Waals surface area (Å²) >= 11 is 0. The van der Waals surface area contributed by atoms with Crippen LogP contribution in [0, 0.1) is 0 Å². The molecule has 28 heavy (non-hydrogen) atoms. The van der Waals surface area contributed by atoms with Crippen molar-refractivity contribution < 1.29 is 14.3 Å². The third kappa shape index (κ3) is 4.95. The van der Waals surface area contributed by atoms with Crippen molar-refractivity contribution >= 4 is 29.0 Å². The summed E-state index contributed by atoms with van der Waals surface area (Å²) in [5.41, 5.74) is 3.92. The quantitative estimate of drug-likeness (QED) is 0.704. The van der Waals surface area contributed by atoms with E-state index in [0.29, 0.717) is 5.75 Å². The van der Waals surface area contributed by atoms with Crippen molar-refractivity contribution in [1.29, 1.82) is 0 Å². The average Bonchev–Trinajstić information content (AvgIpc) is 2.68. The normalized spacial score (nSPS) is 20.4. The van der Waals surface area contributed by atoms with Crippen molar-refractivity contribution in [3.8, 4) is 5.75 Å². The van der Waals surface area contributed by atoms with Crippen LogP contribution in [-0.4, -0.2) is 44.7 Å². The molecule has 0 aliphatic carbocycles. The minimum Gasteiger partial charge on any atom is -0.481 e. The van der Waals surface area contributed by atoms with Crippen LogP contribution in [0.4, 0.5) is 22.7 Å². The molecule has 1 heterocycles. The smallest absolute Gasteiger partial charge is 0.160 e. The van der Waals surface area contributed by atoms with Crippen LogP contribution in [0.5, 0.6) is 5.75 Å². The molecule has 1 aliphatic rings. The number of anilines is 4. The van der Waals surface area contributed by atoms with E-state index < -0.39 is 6.10 Å². The highest BCUT2D eigenvalue weighted by Gasteiger charge is 2.22. The van der Waals surface area contributed by atoms with Gasteiger partial charge in [-0.3, -0.25) is 4.79 Å². The van der Waals surface area contributed by atoms with Gasteiger partial charge in [0.1, 0.15) is 5.75 Å². The summed E-state index contributed by atoms with van der Waals surface area (Å²) in [6.45, 7) is 7.74. The molecule has 0 aromatic heterocycles. The molecular weight excluding hydrogens is 354 g/mol. The Labute approximate surface area is 166 Å². The van der Waals surface area contributed by atoms with E-state index >= 15 is 0 Å². The van der Waals surface area contributed by atoms with Crippen LogP contribution in [0.3, 0.4) is 0 Å². The lowest BCUT2D eigenvalue weighted by atomic mass is 10.2. The van der Waals surface area contributed by atoms with Crippen LogP contribution in [0.1, 0.15) is 20.8 Å². The van der Waals surface area contributed by atoms with Gasteiger partial charge in [-0.2, -0.15) is 0 Å². The van der Waals surface area contributed by atoms with E-state index in [0.717, 1.165) is 36.4 Å². The molecule has 2 N–H and O–H groups in total. The van der Waals surface area contributed by atoms with Crippen molar-refractivity contribution in [3.63, 3.8) is 0 Å². The summed E-state index contributed by atoms with van der Waals surface area (Å²) in [7, 11) is 1.83. The summed E-state index contributed by atoms with van der Waals surface area (Å²) in [5, 5.41) is 6.48. The van der Waals surface area contributed by atoms with E-state index in [9.17, 15) is 4.79 Å². The molecule has 3 unspecified atom stereocenters. The first-order chi connectivity index (χ1) is 13.5. The van der Waals surface area contributed by atoms with E-state index in [1.165, 1.54) is 5.69 Å². The van der Waals surface area contributed by atoms with Crippen molar-refractivity contribution in [1.82, 2.24) is 0 Å². The molecule has 3 rings (SSSR count). The van der Waals surface area contributed by atoms with Gasteiger partial charge in [0.15, 0.2) is 12.4 Å². The maximum atomic E-state index is 10.9. The van der Waals surface area contributed by atoms with E-state index in [-0.39, 0.29) is 12.2 Å². The fraction of sp³-hybridized carbons (Fsp3) is 0.409. The SMILES string of the molecule is CNc1ccc(Nc2ccc(N3CC(C)OC(C)C3)cc2)cc1OC(C)C=O. The Kier molecular flexibility index (Phi) is 6.41. The molecule has 2 aromatic carbocycles. The first-order valence-corrected chi connectivity index (χ1v) is 9.69. The zero-order valence-electron chi connectivity index (χ0n) is 16.9. The predicted molar refractivity (Wildman–Crippen MR) is 114 cm³/mol. The van der Waals surface area contributed by atoms with Crippen molar-refractivity contribution in [2.45, 2.75) is 39.1 Å². The van der Waals surface area contributed by atoms with Gasteiger partial charge in [-0.05, 0) is 57.2 Å². The lowest BCUT2D eigenvalue weighted by Crippen LogP contribution is -2.45. The van der Waals surface area contributed by atoms with Crippen LogP contribution in [0.25, 0.3) is 0 Å². The maximum absolute atomic E-state index is 10.9. The van der Waals surface area contributed by atoms with E-state index in [2.05, 4.69) is 53.6 Å². The second-order valence-corrected chi connectivity index (χ2v) is 7.25. The van der Waals surface area contributed by atoms with Gasteiger partial charge in [-0.15, -0.1) is 0 Å². The predicted octanol–water partition coefficient (Wildman–Crippen LogP) is 4.05. The topological polar surface area (TPSA) is 62.8 Å². The van der Waals surface area contributed by atoms with Crippen LogP contribution < -0.4 is 20.3 Å². The summed E-state index contributed by atoms with van der Waals surface area (Å²) < 4.78 is 11.5. The van der Waals surface area contributed by atoms with E-state index in [4.69, 9.17) is 9.47 Å². The molecule has 1 fully saturated rings. The summed E-state index contributed by atoms with van der Waals surface area (Å²) in [6.07, 6.45) is 0.754. The minimum absolute atomic E-state index is 0.236. The van der Waals surface area contributed by atoms with Crippen LogP contribution in [0.2, 0.25) is 0 Å². The van der Waals surface area contributed by atoms with E-state index in [1.54, 1.807) is 6.92 Å². The summed E-state index contributed by atoms with van der Waals surface area (Å²) in [6, 6.07) is 14.2. The largest absolute Gasteiger partial charge is 0.481 e. The number of benzene rings is 2. The number of morpholine rings is 1. The summed E-state index contributed by atoms with van der Waals surface area (Å²) in [4.78, 5) is 13.3. The number of ether oxygens (including phenoxy) is 2. The standard InChI is InChI=1S/C22H29N3O3/c1-15-12-25(13-16(2)27-15)20-8-5-18(6-9-20)24-19-7-10-21(23-4)22(11-19)28-17(3)14-26/h5-11,14-17,23-24H,12-13H2,1-4H3. The number of hydrogen-bond acceptors (Lipinski definition) is 6. The lowest BCUT2D eigenvalue weighted by Gasteiger charge is -2.36. The van der Waals surface area contributed by atoms with Gasteiger partial charge in [0, 0.05) is 43.3 Å². The maximum Gasteiger partial charge on any atom is 0.160 e. The molecule has 6 nitrogen and oxygen atoms in total. The van der Waals surface area contributed by atoms with Crippen molar-refractivity contribution in [3.05, 3.63) is 42.5 Å². The second-order valence-electron chi connectivity index (χ2n) is 7.25. The highest BCUT2D eigenvalue weighted by Crippen LogP contribution is 2.31. The van der Waals surface area contributed by atoms with Gasteiger partial charge in [-0.1, -0.05) is 0 Å². The molecule has 0 saturated carbocycles. The van der Waals surface area contributed by atoms with E-state index in [1.807, 2.05) is 25.2 Å². The monoisotopic (exact) mass is 383 g/mol. The van der Waals surface area contributed by atoms with Crippen LogP contribution in [-0.2, 0) is 9.53 Å². The summed E-state index contributed by atoms with van der Waals surface area (Å²) in [5.74, 6) is 0.639. The molecule has 2 aromatic rings. The second kappa shape index (κ2) is 8.97. The molecular formula is C22H29N3O3. The number of nitrogens with zero attached hydrogens (tertiary/aromatic N) is 1. The number of carbonyl (C=O) groups is 1. The highest BCUT2D eigenvalue weighted by atomic mass is 16.5. The molecule has 6 heteroatoms. The van der Waals surface area contributed by atoms with Crippen LogP contribution in [0.15, 0.2) is 42.5 Å². The molecule has 0 spiro atoms. The van der Waals surface area contributed by atoms with Gasteiger partial charge in [0.25, 0.3) is 0 Å². The first-order valence-electron chi connectivity index (χ1n) is 9.69. The first kappa shape index (κ1) is 20.0. The zero-order valence-corrected chi connectivity index (χ0v) is 16.9. The molecule has 0 radical (unpaired) electrons. The van der Waals surface area contributed by atoms with Gasteiger partial charge in [-0.25, -0.2) is 0 Å². The minimum atomic E-state index is -0.500. The van der Waals surface area contributed by atoms with Crippen molar-refractivity contribution in [2.24, 2.45) is 0 Å². The van der Waals surface area contributed by atoms with Gasteiger partial charge >= 0.3 is 0 Å². The average molecular weight is 383 g/mol. The molecule has 150 valence electrons. The number of rotatable bonds is 7. The Hall–Kier alpha value is -2.73. The Balaban J connectivity index is 1.71. The molecule has 3 atom stereocenters. The lowest BCUT2D eigenvalue weighted by molar-refractivity contribution is -0.113. The van der Waals surface area contributed by atoms with Crippen LogP contribution >= 0.6 is 0 Å². The van der Waals surface area contributed by atoms with Crippen molar-refractivity contribution in [2.75, 3.05) is 35.7 Å². The Bertz CT molecular complexity index is 784. The number of aldehydes is 1. The number of nitrogens with one attached hydrogen (secondary N) is 2. The highest BCUT2D eigenvalue weighted by molar-refractivity contribution is 5.69. The van der Waals surface area contributed by atoms with Gasteiger partial charge < -0.3 is 25.0 Å². The Morgan fingerprint density at radius 3 is 2.36 bits per heavy atom. The van der Waals surface area contributed by atoms with Gasteiger partial charge in [0.2, 0.25) is 0 Å².